The predicted octanol–water partition coefficient (Wildman–Crippen LogP) is 3.38. The molecule has 4 nitrogen and oxygen atoms in total. The number of benzene rings is 1. The predicted molar refractivity (Wildman–Crippen MR) is 73.9 cm³/mol. The maximum atomic E-state index is 10.9. The standard InChI is InChI=1S/C12H17ClO4Si/c1-15-9-6-8(7-14)10(13)12(16-2)11(9)17-18(3,4)5/h6-7H,1-5H3. The summed E-state index contributed by atoms with van der Waals surface area (Å²) in [5.74, 6) is 1.23. The summed E-state index contributed by atoms with van der Waals surface area (Å²) in [4.78, 5) is 10.9. The molecule has 0 radical (unpaired) electrons. The van der Waals surface area contributed by atoms with Crippen LogP contribution in [0.25, 0.3) is 0 Å². The van der Waals surface area contributed by atoms with Crippen LogP contribution in [0.2, 0.25) is 24.7 Å². The smallest absolute Gasteiger partial charge is 0.242 e. The Morgan fingerprint density at radius 3 is 2.17 bits per heavy atom. The van der Waals surface area contributed by atoms with Crippen molar-refractivity contribution in [2.24, 2.45) is 0 Å². The van der Waals surface area contributed by atoms with Crippen LogP contribution in [-0.2, 0) is 0 Å². The molecule has 0 amide bonds. The summed E-state index contributed by atoms with van der Waals surface area (Å²) in [6, 6.07) is 1.55. The van der Waals surface area contributed by atoms with Crippen molar-refractivity contribution in [1.82, 2.24) is 0 Å². The normalized spacial score (nSPS) is 11.0. The van der Waals surface area contributed by atoms with Gasteiger partial charge < -0.3 is 13.9 Å². The molecular weight excluding hydrogens is 272 g/mol. The van der Waals surface area contributed by atoms with Crippen LogP contribution in [0, 0.1) is 0 Å². The third-order valence-electron chi connectivity index (χ3n) is 2.13. The Morgan fingerprint density at radius 1 is 1.17 bits per heavy atom. The molecule has 100 valence electrons. The third kappa shape index (κ3) is 3.17. The van der Waals surface area contributed by atoms with E-state index in [9.17, 15) is 4.79 Å². The van der Waals surface area contributed by atoms with Crippen LogP contribution < -0.4 is 13.9 Å². The molecule has 0 unspecified atom stereocenters. The molecule has 18 heavy (non-hydrogen) atoms. The number of rotatable bonds is 5. The molecule has 0 atom stereocenters. The van der Waals surface area contributed by atoms with Gasteiger partial charge in [0, 0.05) is 5.56 Å². The second kappa shape index (κ2) is 5.62. The monoisotopic (exact) mass is 288 g/mol. The lowest BCUT2D eigenvalue weighted by molar-refractivity contribution is 0.112. The minimum absolute atomic E-state index is 0.238. The summed E-state index contributed by atoms with van der Waals surface area (Å²) in [5.41, 5.74) is 0.313. The highest BCUT2D eigenvalue weighted by Gasteiger charge is 2.25. The van der Waals surface area contributed by atoms with Gasteiger partial charge in [-0.05, 0) is 25.7 Å². The maximum absolute atomic E-state index is 10.9. The Morgan fingerprint density at radius 2 is 1.78 bits per heavy atom. The molecule has 0 aliphatic rings. The Bertz CT molecular complexity index is 454. The first-order chi connectivity index (χ1) is 8.34. The van der Waals surface area contributed by atoms with Crippen molar-refractivity contribution in [3.63, 3.8) is 0 Å². The zero-order valence-electron chi connectivity index (χ0n) is 11.2. The number of halogens is 1. The van der Waals surface area contributed by atoms with Crippen LogP contribution in [-0.4, -0.2) is 28.8 Å². The minimum atomic E-state index is -1.85. The molecule has 0 bridgehead atoms. The van der Waals surface area contributed by atoms with Gasteiger partial charge >= 0.3 is 0 Å². The summed E-state index contributed by atoms with van der Waals surface area (Å²) in [6.45, 7) is 6.11. The third-order valence-corrected chi connectivity index (χ3v) is 3.34. The molecule has 0 aliphatic carbocycles. The van der Waals surface area contributed by atoms with Gasteiger partial charge in [0.05, 0.1) is 19.2 Å². The highest BCUT2D eigenvalue weighted by atomic mass is 35.5. The molecule has 1 aromatic carbocycles. The van der Waals surface area contributed by atoms with Crippen LogP contribution >= 0.6 is 11.6 Å². The number of aldehydes is 1. The molecule has 0 aromatic heterocycles. The summed E-state index contributed by atoms with van der Waals surface area (Å²) >= 11 is 6.10. The van der Waals surface area contributed by atoms with E-state index < -0.39 is 8.32 Å². The van der Waals surface area contributed by atoms with E-state index in [1.165, 1.54) is 14.2 Å². The van der Waals surface area contributed by atoms with E-state index in [4.69, 9.17) is 25.5 Å². The second-order valence-electron chi connectivity index (χ2n) is 4.68. The molecule has 0 saturated heterocycles. The van der Waals surface area contributed by atoms with Crippen molar-refractivity contribution in [3.05, 3.63) is 16.7 Å². The maximum Gasteiger partial charge on any atom is 0.242 e. The van der Waals surface area contributed by atoms with Crippen LogP contribution in [0.15, 0.2) is 6.07 Å². The van der Waals surface area contributed by atoms with Crippen LogP contribution in [0.1, 0.15) is 10.4 Å². The molecule has 6 heteroatoms. The van der Waals surface area contributed by atoms with Crippen LogP contribution in [0.4, 0.5) is 0 Å². The zero-order valence-corrected chi connectivity index (χ0v) is 12.9. The van der Waals surface area contributed by atoms with E-state index in [-0.39, 0.29) is 5.02 Å². The highest BCUT2D eigenvalue weighted by molar-refractivity contribution is 6.70. The molecule has 0 heterocycles. The van der Waals surface area contributed by atoms with Crippen molar-refractivity contribution in [2.75, 3.05) is 14.2 Å². The van der Waals surface area contributed by atoms with Gasteiger partial charge in [0.25, 0.3) is 0 Å². The van der Waals surface area contributed by atoms with Gasteiger partial charge in [-0.3, -0.25) is 4.79 Å². The lowest BCUT2D eigenvalue weighted by Gasteiger charge is -2.23. The fourth-order valence-electron chi connectivity index (χ4n) is 1.44. The fourth-order valence-corrected chi connectivity index (χ4v) is 2.50. The molecule has 0 saturated carbocycles. The SMILES string of the molecule is COc1cc(C=O)c(Cl)c(OC)c1O[Si](C)(C)C. The first-order valence-corrected chi connectivity index (χ1v) is 9.21. The van der Waals surface area contributed by atoms with Gasteiger partial charge in [-0.15, -0.1) is 0 Å². The number of hydrogen-bond donors (Lipinski definition) is 0. The molecule has 0 spiro atoms. The average Bonchev–Trinajstić information content (AvgIpc) is 2.28. The van der Waals surface area contributed by atoms with Gasteiger partial charge in [0.2, 0.25) is 8.32 Å². The van der Waals surface area contributed by atoms with Gasteiger partial charge in [-0.25, -0.2) is 0 Å². The topological polar surface area (TPSA) is 44.8 Å². The van der Waals surface area contributed by atoms with E-state index in [2.05, 4.69) is 0 Å². The number of carbonyl (C=O) groups excluding carboxylic acids is 1. The van der Waals surface area contributed by atoms with Crippen molar-refractivity contribution < 1.29 is 18.7 Å². The number of methoxy groups -OCH3 is 2. The Hall–Kier alpha value is -1.20. The Labute approximate surface area is 113 Å². The molecule has 0 fully saturated rings. The highest BCUT2D eigenvalue weighted by Crippen LogP contribution is 2.45. The van der Waals surface area contributed by atoms with Crippen molar-refractivity contribution in [2.45, 2.75) is 19.6 Å². The largest absolute Gasteiger partial charge is 0.539 e. The van der Waals surface area contributed by atoms with Gasteiger partial charge in [-0.2, -0.15) is 0 Å². The van der Waals surface area contributed by atoms with Crippen molar-refractivity contribution in [1.29, 1.82) is 0 Å². The number of hydrogen-bond acceptors (Lipinski definition) is 4. The number of carbonyl (C=O) groups is 1. The average molecular weight is 289 g/mol. The molecule has 0 N–H and O–H groups in total. The molecule has 1 aromatic rings. The summed E-state index contributed by atoms with van der Waals surface area (Å²) in [5, 5.41) is 0.238. The lowest BCUT2D eigenvalue weighted by atomic mass is 10.2. The quantitative estimate of drug-likeness (QED) is 0.615. The first kappa shape index (κ1) is 14.9. The minimum Gasteiger partial charge on any atom is -0.539 e. The van der Waals surface area contributed by atoms with Crippen LogP contribution in [0.5, 0.6) is 17.2 Å². The summed E-state index contributed by atoms with van der Waals surface area (Å²) < 4.78 is 16.4. The van der Waals surface area contributed by atoms with Crippen LogP contribution in [0.3, 0.4) is 0 Å². The lowest BCUT2D eigenvalue weighted by Crippen LogP contribution is -2.29. The fraction of sp³-hybridized carbons (Fsp3) is 0.417. The van der Waals surface area contributed by atoms with Gasteiger partial charge in [0.1, 0.15) is 0 Å². The summed E-state index contributed by atoms with van der Waals surface area (Å²) in [7, 11) is 1.14. The van der Waals surface area contributed by atoms with Crippen molar-refractivity contribution in [3.8, 4) is 17.2 Å². The second-order valence-corrected chi connectivity index (χ2v) is 9.48. The van der Waals surface area contributed by atoms with E-state index in [0.29, 0.717) is 29.1 Å². The van der Waals surface area contributed by atoms with Crippen molar-refractivity contribution >= 4 is 26.2 Å². The Kier molecular flexibility index (Phi) is 4.64. The van der Waals surface area contributed by atoms with E-state index >= 15 is 0 Å². The molecular formula is C12H17ClO4Si. The number of ether oxygens (including phenoxy) is 2. The molecule has 0 aliphatic heterocycles. The van der Waals surface area contributed by atoms with Gasteiger partial charge in [-0.1, -0.05) is 11.6 Å². The van der Waals surface area contributed by atoms with E-state index in [1.54, 1.807) is 6.07 Å². The van der Waals surface area contributed by atoms with Gasteiger partial charge in [0.15, 0.2) is 23.5 Å². The Balaban J connectivity index is 3.46. The molecule has 1 rings (SSSR count). The van der Waals surface area contributed by atoms with E-state index in [0.717, 1.165) is 0 Å². The zero-order chi connectivity index (χ0) is 13.9. The summed E-state index contributed by atoms with van der Waals surface area (Å²) in [6.07, 6.45) is 0.658. The first-order valence-electron chi connectivity index (χ1n) is 5.42. The van der Waals surface area contributed by atoms with E-state index in [1.807, 2.05) is 19.6 Å².